The maximum Gasteiger partial charge on any atom is 0.336 e. The van der Waals surface area contributed by atoms with E-state index in [0.717, 1.165) is 35.3 Å². The number of imide groups is 1. The monoisotopic (exact) mass is 777 g/mol. The number of carboxylic acids is 1. The van der Waals surface area contributed by atoms with Crippen molar-refractivity contribution in [3.63, 3.8) is 0 Å². The lowest BCUT2D eigenvalue weighted by atomic mass is 9.89. The standard InChI is InChI=1S/C30H27N5O14S3/c31-20-6-4-17-24(16-3-2-15(14-19(16)30(39)40)29(38)33-11-12-35-22(36)8-9-23(35)37)18-5-7-21(32)28(52(46,47)48)26(18)49-25(17)27(20)51(44,45)34-10-1-13-50(41,42)43/h2-9,14,32,34H,1,10-13,31H2,(H,33,38)(H,39,40)(H,41,42,43)(H,46,47,48). The molecule has 0 radical (unpaired) electrons. The normalized spacial score (nSPS) is 13.7. The predicted molar refractivity (Wildman–Crippen MR) is 180 cm³/mol. The SMILES string of the molecule is N=c1ccc2c(-c3ccc(C(=O)NCCN4C(=O)C=CC4=O)cc3C(=O)O)c3ccc(N)c(S(=O)(=O)NCCCS(=O)(=O)O)c3oc-2c1S(=O)(=O)O. The molecular weight excluding hydrogens is 751 g/mol. The van der Waals surface area contributed by atoms with Gasteiger partial charge in [-0.05, 0) is 48.4 Å². The van der Waals surface area contributed by atoms with Crippen molar-refractivity contribution in [2.24, 2.45) is 0 Å². The number of aromatic carboxylic acids is 1. The molecular formula is C30H27N5O14S3. The van der Waals surface area contributed by atoms with Gasteiger partial charge in [0.15, 0.2) is 16.2 Å². The van der Waals surface area contributed by atoms with E-state index in [-0.39, 0.29) is 47.2 Å². The molecule has 0 bridgehead atoms. The quantitative estimate of drug-likeness (QED) is 0.0318. The zero-order chi connectivity index (χ0) is 38.3. The first-order valence-electron chi connectivity index (χ1n) is 14.7. The molecule has 8 N–H and O–H groups in total. The third-order valence-corrected chi connectivity index (χ3v) is 11.0. The zero-order valence-corrected chi connectivity index (χ0v) is 28.8. The molecule has 1 aliphatic carbocycles. The molecule has 0 spiro atoms. The van der Waals surface area contributed by atoms with Gasteiger partial charge in [0, 0.05) is 53.9 Å². The number of amides is 3. The van der Waals surface area contributed by atoms with E-state index in [4.69, 9.17) is 20.1 Å². The van der Waals surface area contributed by atoms with Crippen LogP contribution in [0.2, 0.25) is 0 Å². The first kappa shape index (κ1) is 37.7. The van der Waals surface area contributed by atoms with Crippen molar-refractivity contribution in [3.8, 4) is 22.5 Å². The largest absolute Gasteiger partial charge is 0.478 e. The number of carbonyl (C=O) groups is 4. The van der Waals surface area contributed by atoms with Crippen LogP contribution < -0.4 is 21.1 Å². The van der Waals surface area contributed by atoms with Crippen molar-refractivity contribution in [3.05, 3.63) is 71.1 Å². The van der Waals surface area contributed by atoms with E-state index in [2.05, 4.69) is 10.0 Å². The molecule has 0 atom stereocenters. The minimum Gasteiger partial charge on any atom is -0.478 e. The van der Waals surface area contributed by atoms with Gasteiger partial charge in [-0.2, -0.15) is 16.8 Å². The molecule has 2 heterocycles. The Labute approximate surface area is 294 Å². The maximum absolute atomic E-state index is 13.6. The lowest BCUT2D eigenvalue weighted by Crippen LogP contribution is -2.38. The number of nitrogens with one attached hydrogen (secondary N) is 3. The van der Waals surface area contributed by atoms with Gasteiger partial charge in [-0.1, -0.05) is 6.07 Å². The molecule has 3 aliphatic rings. The van der Waals surface area contributed by atoms with Crippen LogP contribution in [-0.4, -0.2) is 93.4 Å². The number of rotatable bonds is 13. The van der Waals surface area contributed by atoms with Gasteiger partial charge in [0.25, 0.3) is 38.0 Å². The second-order valence-electron chi connectivity index (χ2n) is 11.2. The van der Waals surface area contributed by atoms with Crippen molar-refractivity contribution in [1.29, 1.82) is 5.41 Å². The molecule has 0 saturated carbocycles. The topological polar surface area (TPSA) is 322 Å². The van der Waals surface area contributed by atoms with Gasteiger partial charge in [0.1, 0.15) is 4.90 Å². The summed E-state index contributed by atoms with van der Waals surface area (Å²) in [6, 6.07) is 7.84. The second kappa shape index (κ2) is 13.9. The minimum absolute atomic E-state index is 0.160. The van der Waals surface area contributed by atoms with Gasteiger partial charge in [-0.3, -0.25) is 33.8 Å². The molecule has 5 rings (SSSR count). The number of sulfonamides is 1. The van der Waals surface area contributed by atoms with Crippen LogP contribution in [0.5, 0.6) is 0 Å². The van der Waals surface area contributed by atoms with Gasteiger partial charge in [-0.15, -0.1) is 0 Å². The van der Waals surface area contributed by atoms with Crippen molar-refractivity contribution >= 4 is 70.6 Å². The van der Waals surface area contributed by atoms with E-state index in [1.807, 2.05) is 0 Å². The van der Waals surface area contributed by atoms with Crippen LogP contribution in [-0.2, 0) is 39.8 Å². The van der Waals surface area contributed by atoms with Crippen LogP contribution in [0, 0.1) is 5.41 Å². The summed E-state index contributed by atoms with van der Waals surface area (Å²) in [7, 11) is -14.5. The fraction of sp³-hybridized carbons (Fsp3) is 0.167. The smallest absolute Gasteiger partial charge is 0.336 e. The number of hydrogen-bond donors (Lipinski definition) is 7. The van der Waals surface area contributed by atoms with Gasteiger partial charge >= 0.3 is 5.97 Å². The van der Waals surface area contributed by atoms with Crippen molar-refractivity contribution < 1.29 is 63.1 Å². The summed E-state index contributed by atoms with van der Waals surface area (Å²) in [6.07, 6.45) is 1.75. The average molecular weight is 778 g/mol. The summed E-state index contributed by atoms with van der Waals surface area (Å²) in [5.41, 5.74) is 3.61. The molecule has 22 heteroatoms. The van der Waals surface area contributed by atoms with Crippen LogP contribution in [0.4, 0.5) is 5.69 Å². The van der Waals surface area contributed by atoms with Crippen LogP contribution in [0.3, 0.4) is 0 Å². The Morgan fingerprint density at radius 2 is 1.54 bits per heavy atom. The molecule has 0 fully saturated rings. The van der Waals surface area contributed by atoms with Gasteiger partial charge in [0.2, 0.25) is 10.0 Å². The highest BCUT2D eigenvalue weighted by Gasteiger charge is 2.32. The van der Waals surface area contributed by atoms with Crippen molar-refractivity contribution in [2.75, 3.05) is 31.1 Å². The van der Waals surface area contributed by atoms with E-state index < -0.39 is 104 Å². The molecule has 0 unspecified atom stereocenters. The Kier molecular flexibility index (Phi) is 10.1. The van der Waals surface area contributed by atoms with E-state index in [1.54, 1.807) is 0 Å². The Balaban J connectivity index is 1.70. The highest BCUT2D eigenvalue weighted by Crippen LogP contribution is 2.45. The maximum atomic E-state index is 13.6. The third kappa shape index (κ3) is 7.56. The molecule has 3 amide bonds. The number of nitrogens with two attached hydrogens (primary N) is 1. The fourth-order valence-corrected chi connectivity index (χ4v) is 8.03. The molecule has 2 aromatic carbocycles. The Morgan fingerprint density at radius 1 is 0.885 bits per heavy atom. The van der Waals surface area contributed by atoms with Gasteiger partial charge in [-0.25, -0.2) is 17.9 Å². The number of fused-ring (bicyclic) bond motifs is 2. The number of nitrogen functional groups attached to an aromatic ring is 1. The van der Waals surface area contributed by atoms with E-state index in [1.165, 1.54) is 24.3 Å². The Morgan fingerprint density at radius 3 is 2.15 bits per heavy atom. The minimum atomic E-state index is -5.26. The van der Waals surface area contributed by atoms with Gasteiger partial charge < -0.3 is 20.6 Å². The molecule has 2 aliphatic heterocycles. The van der Waals surface area contributed by atoms with E-state index in [0.29, 0.717) is 0 Å². The lowest BCUT2D eigenvalue weighted by molar-refractivity contribution is -0.136. The highest BCUT2D eigenvalue weighted by molar-refractivity contribution is 7.90. The van der Waals surface area contributed by atoms with Crippen LogP contribution in [0.15, 0.2) is 68.8 Å². The molecule has 274 valence electrons. The zero-order valence-electron chi connectivity index (χ0n) is 26.3. The van der Waals surface area contributed by atoms with Crippen molar-refractivity contribution in [2.45, 2.75) is 16.2 Å². The predicted octanol–water partition coefficient (Wildman–Crippen LogP) is 0.422. The average Bonchev–Trinajstić information content (AvgIpc) is 3.36. The summed E-state index contributed by atoms with van der Waals surface area (Å²) in [6.45, 7) is -0.891. The molecule has 0 aromatic heterocycles. The Bertz CT molecular complexity index is 2580. The van der Waals surface area contributed by atoms with Crippen LogP contribution in [0.25, 0.3) is 33.4 Å². The number of nitrogens with zero attached hydrogens (tertiary/aromatic N) is 1. The highest BCUT2D eigenvalue weighted by atomic mass is 32.2. The fourth-order valence-electron chi connectivity index (χ4n) is 5.46. The van der Waals surface area contributed by atoms with Crippen LogP contribution in [0.1, 0.15) is 27.1 Å². The van der Waals surface area contributed by atoms with Gasteiger partial charge in [0.05, 0.1) is 22.4 Å². The second-order valence-corrected chi connectivity index (χ2v) is 15.8. The molecule has 2 aromatic rings. The number of anilines is 1. The van der Waals surface area contributed by atoms with E-state index >= 15 is 0 Å². The number of carbonyl (C=O) groups excluding carboxylic acids is 3. The van der Waals surface area contributed by atoms with E-state index in [9.17, 15) is 54.1 Å². The summed E-state index contributed by atoms with van der Waals surface area (Å²) in [5.74, 6) is -5.11. The third-order valence-electron chi connectivity index (χ3n) is 7.70. The number of carboxylic acid groups (broad SMARTS) is 1. The first-order chi connectivity index (χ1) is 24.2. The molecule has 0 saturated heterocycles. The summed E-state index contributed by atoms with van der Waals surface area (Å²) in [5, 5.41) is 20.0. The summed E-state index contributed by atoms with van der Waals surface area (Å²) in [4.78, 5) is 48.3. The lowest BCUT2D eigenvalue weighted by Gasteiger charge is -2.21. The molecule has 19 nitrogen and oxygen atoms in total. The number of benzene rings is 3. The summed E-state index contributed by atoms with van der Waals surface area (Å²) < 4.78 is 101. The first-order valence-corrected chi connectivity index (χ1v) is 19.2. The number of hydrogen-bond acceptors (Lipinski definition) is 13. The van der Waals surface area contributed by atoms with Crippen molar-refractivity contribution in [1.82, 2.24) is 14.9 Å². The molecule has 52 heavy (non-hydrogen) atoms. The Hall–Kier alpha value is -5.52. The van der Waals surface area contributed by atoms with Crippen LogP contribution >= 0.6 is 0 Å². The summed E-state index contributed by atoms with van der Waals surface area (Å²) >= 11 is 0.